The zero-order valence-corrected chi connectivity index (χ0v) is 21.8. The maximum Gasteiger partial charge on any atom is 0.290 e. The van der Waals surface area contributed by atoms with E-state index >= 15 is 0 Å². The molecule has 196 valence electrons. The maximum atomic E-state index is 12.9. The minimum absolute atomic E-state index is 0.0161. The number of nitrogens with two attached hydrogens (primary N) is 1. The van der Waals surface area contributed by atoms with Gasteiger partial charge in [-0.25, -0.2) is 0 Å². The van der Waals surface area contributed by atoms with E-state index in [1.54, 1.807) is 30.3 Å². The predicted molar refractivity (Wildman–Crippen MR) is 140 cm³/mol. The molecular formula is C24H33N5O5S2. The number of primary amides is 1. The van der Waals surface area contributed by atoms with Crippen LogP contribution in [0.3, 0.4) is 0 Å². The van der Waals surface area contributed by atoms with E-state index < -0.39 is 48.2 Å². The van der Waals surface area contributed by atoms with Crippen LogP contribution in [-0.2, 0) is 24.0 Å². The molecule has 2 fully saturated rings. The number of hydrogen-bond acceptors (Lipinski definition) is 8. The summed E-state index contributed by atoms with van der Waals surface area (Å²) >= 11 is 3.74. The molecule has 3 rings (SSSR count). The zero-order valence-electron chi connectivity index (χ0n) is 20.2. The van der Waals surface area contributed by atoms with E-state index in [9.17, 15) is 24.0 Å². The fraction of sp³-hybridized carbons (Fsp3) is 0.542. The summed E-state index contributed by atoms with van der Waals surface area (Å²) < 4.78 is -0.0161. The summed E-state index contributed by atoms with van der Waals surface area (Å²) in [4.78, 5) is 62.3. The number of Topliss-reactive ketones (excluding diaryl/α,β-unsaturated/α-hetero) is 1. The molecule has 0 saturated carbocycles. The number of thioether (sulfide) groups is 2. The van der Waals surface area contributed by atoms with Gasteiger partial charge in [0.2, 0.25) is 23.5 Å². The van der Waals surface area contributed by atoms with E-state index in [4.69, 9.17) is 5.73 Å². The lowest BCUT2D eigenvalue weighted by Crippen LogP contribution is -2.52. The molecule has 0 aliphatic carbocycles. The van der Waals surface area contributed by atoms with Gasteiger partial charge in [0.1, 0.15) is 6.04 Å². The van der Waals surface area contributed by atoms with Crippen LogP contribution in [0.4, 0.5) is 0 Å². The Hall–Kier alpha value is -2.57. The van der Waals surface area contributed by atoms with Gasteiger partial charge in [0, 0.05) is 6.54 Å². The topological polar surface area (TPSA) is 159 Å². The average molecular weight is 536 g/mol. The summed E-state index contributed by atoms with van der Waals surface area (Å²) in [7, 11) is 0. The van der Waals surface area contributed by atoms with Gasteiger partial charge in [0.25, 0.3) is 5.91 Å². The van der Waals surface area contributed by atoms with Crippen molar-refractivity contribution in [3.63, 3.8) is 0 Å². The summed E-state index contributed by atoms with van der Waals surface area (Å²) in [6.07, 6.45) is 2.69. The highest BCUT2D eigenvalue weighted by molar-refractivity contribution is 8.18. The molecule has 0 aromatic heterocycles. The maximum absolute atomic E-state index is 12.9. The molecule has 1 aromatic carbocycles. The number of benzene rings is 1. The first kappa shape index (κ1) is 28.0. The second kappa shape index (κ2) is 13.1. The second-order valence-corrected chi connectivity index (χ2v) is 12.0. The summed E-state index contributed by atoms with van der Waals surface area (Å²) in [5.41, 5.74) is 5.89. The van der Waals surface area contributed by atoms with Gasteiger partial charge < -0.3 is 27.0 Å². The van der Waals surface area contributed by atoms with Crippen LogP contribution in [0.1, 0.15) is 44.2 Å². The third-order valence-electron chi connectivity index (χ3n) is 6.03. The second-order valence-electron chi connectivity index (χ2n) is 8.81. The fourth-order valence-electron chi connectivity index (χ4n) is 4.17. The average Bonchev–Trinajstić information content (AvgIpc) is 3.29. The number of carbonyl (C=O) groups excluding carboxylic acids is 5. The van der Waals surface area contributed by atoms with Gasteiger partial charge in [-0.3, -0.25) is 24.0 Å². The van der Waals surface area contributed by atoms with Crippen molar-refractivity contribution in [2.24, 2.45) is 5.73 Å². The molecule has 1 spiro atoms. The number of nitrogens with one attached hydrogen (secondary N) is 4. The lowest BCUT2D eigenvalue weighted by Gasteiger charge is -2.31. The zero-order chi connectivity index (χ0) is 26.1. The van der Waals surface area contributed by atoms with Crippen molar-refractivity contribution >= 4 is 52.9 Å². The number of carbonyl (C=O) groups is 5. The number of amides is 4. The molecule has 2 heterocycles. The van der Waals surface area contributed by atoms with Crippen LogP contribution in [-0.4, -0.2) is 70.2 Å². The molecule has 12 heteroatoms. The SMILES string of the molecule is CCCC(NC(=O)[C@@H]1CC2(CN1)SCCCS2)C(=O)C(=O)NCC(=O)N[C@H](C(N)=O)c1ccccc1. The summed E-state index contributed by atoms with van der Waals surface area (Å²) in [6, 6.07) is 5.97. The van der Waals surface area contributed by atoms with Crippen LogP contribution in [0.15, 0.2) is 30.3 Å². The van der Waals surface area contributed by atoms with Crippen molar-refractivity contribution < 1.29 is 24.0 Å². The van der Waals surface area contributed by atoms with E-state index in [2.05, 4.69) is 21.3 Å². The van der Waals surface area contributed by atoms with Crippen molar-refractivity contribution in [2.75, 3.05) is 24.6 Å². The minimum Gasteiger partial charge on any atom is -0.368 e. The highest BCUT2D eigenvalue weighted by Crippen LogP contribution is 2.47. The Morgan fingerprint density at radius 1 is 1.11 bits per heavy atom. The van der Waals surface area contributed by atoms with E-state index in [1.165, 1.54) is 0 Å². The van der Waals surface area contributed by atoms with Crippen molar-refractivity contribution in [1.82, 2.24) is 21.3 Å². The minimum atomic E-state index is -1.07. The normalized spacial score (nSPS) is 20.2. The fourth-order valence-corrected chi connectivity index (χ4v) is 7.45. The third-order valence-corrected chi connectivity index (χ3v) is 9.40. The van der Waals surface area contributed by atoms with Crippen LogP contribution in [0.5, 0.6) is 0 Å². The Labute approximate surface area is 219 Å². The third kappa shape index (κ3) is 7.47. The van der Waals surface area contributed by atoms with Gasteiger partial charge in [0.05, 0.1) is 22.7 Å². The van der Waals surface area contributed by atoms with Crippen molar-refractivity contribution in [1.29, 1.82) is 0 Å². The largest absolute Gasteiger partial charge is 0.368 e. The molecule has 10 nitrogen and oxygen atoms in total. The lowest BCUT2D eigenvalue weighted by molar-refractivity contribution is -0.141. The smallest absolute Gasteiger partial charge is 0.290 e. The molecule has 1 unspecified atom stereocenters. The summed E-state index contributed by atoms with van der Waals surface area (Å²) in [5, 5.41) is 10.7. The van der Waals surface area contributed by atoms with Gasteiger partial charge in [-0.05, 0) is 36.3 Å². The number of hydrogen-bond donors (Lipinski definition) is 5. The van der Waals surface area contributed by atoms with Gasteiger partial charge >= 0.3 is 0 Å². The van der Waals surface area contributed by atoms with Gasteiger partial charge in [-0.1, -0.05) is 43.7 Å². The van der Waals surface area contributed by atoms with E-state index in [-0.39, 0.29) is 9.99 Å². The lowest BCUT2D eigenvalue weighted by atomic mass is 10.1. The molecule has 0 bridgehead atoms. The molecular weight excluding hydrogens is 502 g/mol. The van der Waals surface area contributed by atoms with Crippen LogP contribution >= 0.6 is 23.5 Å². The van der Waals surface area contributed by atoms with Gasteiger partial charge in [-0.15, -0.1) is 23.5 Å². The Balaban J connectivity index is 1.51. The van der Waals surface area contributed by atoms with E-state index in [0.29, 0.717) is 24.8 Å². The molecule has 36 heavy (non-hydrogen) atoms. The first-order valence-electron chi connectivity index (χ1n) is 12.0. The molecule has 6 N–H and O–H groups in total. The highest BCUT2D eigenvalue weighted by atomic mass is 32.2. The molecule has 4 amide bonds. The number of ketones is 1. The Morgan fingerprint density at radius 3 is 2.44 bits per heavy atom. The summed E-state index contributed by atoms with van der Waals surface area (Å²) in [6.45, 7) is 2.05. The quantitative estimate of drug-likeness (QED) is 0.252. The van der Waals surface area contributed by atoms with E-state index in [1.807, 2.05) is 30.4 Å². The van der Waals surface area contributed by atoms with E-state index in [0.717, 1.165) is 24.5 Å². The van der Waals surface area contributed by atoms with Crippen LogP contribution < -0.4 is 27.0 Å². The first-order chi connectivity index (χ1) is 17.2. The molecule has 1 aromatic rings. The van der Waals surface area contributed by atoms with Crippen LogP contribution in [0.25, 0.3) is 0 Å². The molecule has 2 aliphatic heterocycles. The Bertz CT molecular complexity index is 971. The first-order valence-corrected chi connectivity index (χ1v) is 14.0. The Morgan fingerprint density at radius 2 is 1.81 bits per heavy atom. The van der Waals surface area contributed by atoms with Crippen molar-refractivity contribution in [2.45, 2.75) is 54.8 Å². The van der Waals surface area contributed by atoms with Gasteiger partial charge in [0.15, 0.2) is 0 Å². The van der Waals surface area contributed by atoms with Gasteiger partial charge in [-0.2, -0.15) is 0 Å². The molecule has 2 aliphatic rings. The van der Waals surface area contributed by atoms with Crippen molar-refractivity contribution in [3.05, 3.63) is 35.9 Å². The summed E-state index contributed by atoms with van der Waals surface area (Å²) in [5.74, 6) is -1.39. The highest BCUT2D eigenvalue weighted by Gasteiger charge is 2.44. The Kier molecular flexibility index (Phi) is 10.2. The molecule has 2 saturated heterocycles. The molecule has 3 atom stereocenters. The van der Waals surface area contributed by atoms with Crippen LogP contribution in [0.2, 0.25) is 0 Å². The molecule has 0 radical (unpaired) electrons. The van der Waals surface area contributed by atoms with Crippen molar-refractivity contribution in [3.8, 4) is 0 Å². The van der Waals surface area contributed by atoms with Crippen LogP contribution in [0, 0.1) is 0 Å². The predicted octanol–water partition coefficient (Wildman–Crippen LogP) is 0.228. The monoisotopic (exact) mass is 535 g/mol. The standard InChI is InChI=1S/C24H33N5O5S2/c1-2-7-16(28-22(33)17-12-24(14-27-17)35-10-6-11-36-24)20(31)23(34)26-13-18(30)29-19(21(25)32)15-8-4-3-5-9-15/h3-5,8-9,16-17,19,27H,2,6-7,10-14H2,1H3,(H2,25,32)(H,26,34)(H,28,33)(H,29,30)/t16?,17-,19-/m0/s1. The number of rotatable bonds is 11.